The summed E-state index contributed by atoms with van der Waals surface area (Å²) in [6.45, 7) is 10.9. The summed E-state index contributed by atoms with van der Waals surface area (Å²) in [7, 11) is 0. The third-order valence-corrected chi connectivity index (χ3v) is 5.98. The monoisotopic (exact) mass is 432 g/mol. The van der Waals surface area contributed by atoms with Gasteiger partial charge in [0.25, 0.3) is 0 Å². The van der Waals surface area contributed by atoms with Gasteiger partial charge in [0, 0.05) is 40.7 Å². The maximum absolute atomic E-state index is 6.41. The average molecular weight is 433 g/mol. The van der Waals surface area contributed by atoms with Gasteiger partial charge in [-0.2, -0.15) is 0 Å². The van der Waals surface area contributed by atoms with Crippen LogP contribution >= 0.6 is 0 Å². The third-order valence-electron chi connectivity index (χ3n) is 5.98. The number of hydrogen-bond acceptors (Lipinski definition) is 3. The fourth-order valence-electron chi connectivity index (χ4n) is 4.46. The largest absolute Gasteiger partial charge is 0.456 e. The molecule has 0 saturated heterocycles. The molecular weight excluding hydrogens is 404 g/mol. The second-order valence-electron chi connectivity index (χ2n) is 9.82. The van der Waals surface area contributed by atoms with E-state index in [1.54, 1.807) is 0 Å². The van der Waals surface area contributed by atoms with Crippen molar-refractivity contribution in [2.24, 2.45) is 0 Å². The number of aryl methyl sites for hydroxylation is 2. The first-order valence-corrected chi connectivity index (χ1v) is 11.3. The standard InChI is InChI=1S/C30H28N2O/c1-19-11-12-32-26(14-19)23-8-6-7-21(15-23)22-9-10-27-25(16-22)28(30(3,4)5)29(33-27)24-13-20(2)17-31-18-24/h6-18H,1-5H3. The van der Waals surface area contributed by atoms with E-state index < -0.39 is 0 Å². The molecule has 164 valence electrons. The quantitative estimate of drug-likeness (QED) is 0.289. The first kappa shape index (κ1) is 21.1. The molecule has 33 heavy (non-hydrogen) atoms. The van der Waals surface area contributed by atoms with Gasteiger partial charge >= 0.3 is 0 Å². The second-order valence-corrected chi connectivity index (χ2v) is 9.82. The summed E-state index contributed by atoms with van der Waals surface area (Å²) >= 11 is 0. The molecule has 0 atom stereocenters. The van der Waals surface area contributed by atoms with E-state index in [1.807, 2.05) is 24.7 Å². The predicted molar refractivity (Wildman–Crippen MR) is 136 cm³/mol. The summed E-state index contributed by atoms with van der Waals surface area (Å²) in [6, 6.07) is 21.4. The van der Waals surface area contributed by atoms with Crippen LogP contribution in [0.1, 0.15) is 37.5 Å². The second kappa shape index (κ2) is 8.00. The molecule has 0 radical (unpaired) electrons. The molecule has 0 bridgehead atoms. The van der Waals surface area contributed by atoms with Crippen molar-refractivity contribution >= 4 is 11.0 Å². The Kier molecular flexibility index (Phi) is 5.13. The Hall–Kier alpha value is -3.72. The molecule has 0 amide bonds. The van der Waals surface area contributed by atoms with Crippen LogP contribution in [-0.2, 0) is 5.41 Å². The Morgan fingerprint density at radius 2 is 1.52 bits per heavy atom. The van der Waals surface area contributed by atoms with Gasteiger partial charge in [0.15, 0.2) is 0 Å². The van der Waals surface area contributed by atoms with Crippen molar-refractivity contribution in [1.82, 2.24) is 9.97 Å². The molecule has 5 rings (SSSR count). The number of hydrogen-bond donors (Lipinski definition) is 0. The SMILES string of the molecule is Cc1cncc(-c2oc3ccc(-c4cccc(-c5cc(C)ccn5)c4)cc3c2C(C)(C)C)c1. The van der Waals surface area contributed by atoms with Crippen LogP contribution < -0.4 is 0 Å². The van der Waals surface area contributed by atoms with Crippen molar-refractivity contribution in [1.29, 1.82) is 0 Å². The number of nitrogens with zero attached hydrogens (tertiary/aromatic N) is 2. The molecule has 0 unspecified atom stereocenters. The fraction of sp³-hybridized carbons (Fsp3) is 0.200. The molecule has 0 aliphatic heterocycles. The van der Waals surface area contributed by atoms with Crippen molar-refractivity contribution in [3.8, 4) is 33.7 Å². The van der Waals surface area contributed by atoms with E-state index in [-0.39, 0.29) is 5.41 Å². The van der Waals surface area contributed by atoms with Crippen LogP contribution in [0.2, 0.25) is 0 Å². The van der Waals surface area contributed by atoms with E-state index in [0.29, 0.717) is 0 Å². The molecule has 0 saturated carbocycles. The van der Waals surface area contributed by atoms with Gasteiger partial charge in [0.05, 0.1) is 5.69 Å². The van der Waals surface area contributed by atoms with Gasteiger partial charge < -0.3 is 4.42 Å². The zero-order chi connectivity index (χ0) is 23.2. The maximum Gasteiger partial charge on any atom is 0.140 e. The van der Waals surface area contributed by atoms with Crippen molar-refractivity contribution in [3.05, 3.63) is 95.9 Å². The highest BCUT2D eigenvalue weighted by atomic mass is 16.3. The zero-order valence-electron chi connectivity index (χ0n) is 19.8. The van der Waals surface area contributed by atoms with Crippen molar-refractivity contribution in [2.45, 2.75) is 40.0 Å². The van der Waals surface area contributed by atoms with Gasteiger partial charge in [-0.15, -0.1) is 0 Å². The van der Waals surface area contributed by atoms with E-state index in [9.17, 15) is 0 Å². The molecule has 0 aliphatic rings. The Morgan fingerprint density at radius 1 is 0.727 bits per heavy atom. The van der Waals surface area contributed by atoms with E-state index in [1.165, 1.54) is 11.1 Å². The highest BCUT2D eigenvalue weighted by Gasteiger charge is 2.26. The minimum absolute atomic E-state index is 0.0870. The van der Waals surface area contributed by atoms with Crippen molar-refractivity contribution in [3.63, 3.8) is 0 Å². The number of rotatable bonds is 3. The first-order chi connectivity index (χ1) is 15.8. The van der Waals surface area contributed by atoms with Crippen molar-refractivity contribution in [2.75, 3.05) is 0 Å². The Labute approximate surface area is 195 Å². The molecule has 0 fully saturated rings. The minimum Gasteiger partial charge on any atom is -0.456 e. The average Bonchev–Trinajstić information content (AvgIpc) is 3.19. The normalized spacial score (nSPS) is 11.8. The molecule has 3 nitrogen and oxygen atoms in total. The molecule has 3 aromatic heterocycles. The molecule has 0 aliphatic carbocycles. The van der Waals surface area contributed by atoms with Crippen molar-refractivity contribution < 1.29 is 4.42 Å². The summed E-state index contributed by atoms with van der Waals surface area (Å²) in [5.74, 6) is 0.906. The first-order valence-electron chi connectivity index (χ1n) is 11.3. The zero-order valence-corrected chi connectivity index (χ0v) is 19.8. The maximum atomic E-state index is 6.41. The van der Waals surface area contributed by atoms with Gasteiger partial charge in [-0.1, -0.05) is 45.0 Å². The smallest absolute Gasteiger partial charge is 0.140 e. The number of furan rings is 1. The summed E-state index contributed by atoms with van der Waals surface area (Å²) in [6.07, 6.45) is 5.63. The summed E-state index contributed by atoms with van der Waals surface area (Å²) in [4.78, 5) is 8.96. The van der Waals surface area contributed by atoms with Crippen LogP contribution in [0.5, 0.6) is 0 Å². The highest BCUT2D eigenvalue weighted by molar-refractivity contribution is 5.92. The lowest BCUT2D eigenvalue weighted by Crippen LogP contribution is -2.11. The fourth-order valence-corrected chi connectivity index (χ4v) is 4.46. The van der Waals surface area contributed by atoms with Crippen LogP contribution in [0.4, 0.5) is 0 Å². The summed E-state index contributed by atoms with van der Waals surface area (Å²) in [5.41, 5.74) is 9.81. The summed E-state index contributed by atoms with van der Waals surface area (Å²) in [5, 5.41) is 1.15. The highest BCUT2D eigenvalue weighted by Crippen LogP contribution is 2.42. The topological polar surface area (TPSA) is 38.9 Å². The lowest BCUT2D eigenvalue weighted by Gasteiger charge is -2.19. The number of fused-ring (bicyclic) bond motifs is 1. The molecule has 3 heterocycles. The van der Waals surface area contributed by atoms with Crippen LogP contribution in [0.25, 0.3) is 44.7 Å². The van der Waals surface area contributed by atoms with Crippen LogP contribution in [-0.4, -0.2) is 9.97 Å². The molecule has 5 aromatic rings. The number of aromatic nitrogens is 2. The summed E-state index contributed by atoms with van der Waals surface area (Å²) < 4.78 is 6.41. The van der Waals surface area contributed by atoms with E-state index in [0.717, 1.165) is 50.2 Å². The molecule has 3 heteroatoms. The Morgan fingerprint density at radius 3 is 2.27 bits per heavy atom. The van der Waals surface area contributed by atoms with Crippen LogP contribution in [0.3, 0.4) is 0 Å². The lowest BCUT2D eigenvalue weighted by molar-refractivity contribution is 0.567. The van der Waals surface area contributed by atoms with E-state index in [4.69, 9.17) is 4.42 Å². The minimum atomic E-state index is -0.0870. The van der Waals surface area contributed by atoms with Crippen LogP contribution in [0, 0.1) is 13.8 Å². The van der Waals surface area contributed by atoms with Crippen LogP contribution in [0.15, 0.2) is 83.7 Å². The Bertz CT molecular complexity index is 1470. The van der Waals surface area contributed by atoms with Gasteiger partial charge in [-0.25, -0.2) is 0 Å². The van der Waals surface area contributed by atoms with Gasteiger partial charge in [0.2, 0.25) is 0 Å². The van der Waals surface area contributed by atoms with Gasteiger partial charge in [-0.3, -0.25) is 9.97 Å². The van der Waals surface area contributed by atoms with E-state index >= 15 is 0 Å². The predicted octanol–water partition coefficient (Wildman–Crippen LogP) is 8.14. The number of benzene rings is 2. The van der Waals surface area contributed by atoms with Gasteiger partial charge in [-0.05, 0) is 77.9 Å². The van der Waals surface area contributed by atoms with E-state index in [2.05, 4.69) is 99.2 Å². The Balaban J connectivity index is 1.67. The molecule has 0 spiro atoms. The molecule has 2 aromatic carbocycles. The lowest BCUT2D eigenvalue weighted by atomic mass is 9.83. The number of pyridine rings is 2. The third kappa shape index (κ3) is 4.07. The molecule has 0 N–H and O–H groups in total. The van der Waals surface area contributed by atoms with Gasteiger partial charge in [0.1, 0.15) is 11.3 Å². The molecular formula is C30H28N2O.